The molecule has 4 bridgehead atoms. The van der Waals surface area contributed by atoms with Crippen molar-refractivity contribution in [3.8, 4) is 0 Å². The molecule has 0 radical (unpaired) electrons. The largest absolute Gasteiger partial charge is 0.354 e. The van der Waals surface area contributed by atoms with E-state index in [9.17, 15) is 9.59 Å². The smallest absolute Gasteiger partial charge is 0.251 e. The van der Waals surface area contributed by atoms with Crippen LogP contribution in [0.2, 0.25) is 0 Å². The Hall–Kier alpha value is -1.84. The zero-order chi connectivity index (χ0) is 18.1. The molecule has 0 spiro atoms. The molecular formula is C22H30N2O2. The minimum atomic E-state index is -0.0830. The van der Waals surface area contributed by atoms with Gasteiger partial charge in [-0.3, -0.25) is 9.59 Å². The Morgan fingerprint density at radius 2 is 1.46 bits per heavy atom. The fourth-order valence-electron chi connectivity index (χ4n) is 6.09. The standard InChI is InChI=1S/C22H30N2O2/c1-15-2-4-19(5-3-15)21(26)24-7-6-23-20(25)14-22-11-16-8-17(12-22)10-18(9-16)13-22/h2-5,16-18H,6-14H2,1H3,(H,23,25)(H,24,26). The highest BCUT2D eigenvalue weighted by molar-refractivity contribution is 5.94. The Labute approximate surface area is 156 Å². The van der Waals surface area contributed by atoms with Crippen molar-refractivity contribution in [1.29, 1.82) is 0 Å². The van der Waals surface area contributed by atoms with Crippen molar-refractivity contribution in [1.82, 2.24) is 10.6 Å². The lowest BCUT2D eigenvalue weighted by Gasteiger charge is -2.56. The molecular weight excluding hydrogens is 324 g/mol. The lowest BCUT2D eigenvalue weighted by Crippen LogP contribution is -2.48. The molecule has 0 heterocycles. The molecule has 2 N–H and O–H groups in total. The molecule has 0 atom stereocenters. The van der Waals surface area contributed by atoms with Gasteiger partial charge in [-0.15, -0.1) is 0 Å². The van der Waals surface area contributed by atoms with E-state index in [0.717, 1.165) is 23.3 Å². The molecule has 0 unspecified atom stereocenters. The van der Waals surface area contributed by atoms with Crippen LogP contribution in [0.4, 0.5) is 0 Å². The Bertz CT molecular complexity index is 645. The molecule has 4 aliphatic rings. The molecule has 4 fully saturated rings. The molecule has 4 aliphatic carbocycles. The van der Waals surface area contributed by atoms with E-state index in [1.165, 1.54) is 38.5 Å². The number of hydrogen-bond donors (Lipinski definition) is 2. The van der Waals surface area contributed by atoms with E-state index in [2.05, 4.69) is 10.6 Å². The van der Waals surface area contributed by atoms with Crippen LogP contribution in [0.25, 0.3) is 0 Å². The number of amides is 2. The Balaban J connectivity index is 1.20. The molecule has 4 nitrogen and oxygen atoms in total. The summed E-state index contributed by atoms with van der Waals surface area (Å²) >= 11 is 0. The van der Waals surface area contributed by atoms with Gasteiger partial charge in [0.1, 0.15) is 0 Å². The number of carbonyl (C=O) groups excluding carboxylic acids is 2. The van der Waals surface area contributed by atoms with Crippen molar-refractivity contribution in [3.63, 3.8) is 0 Å². The molecule has 0 saturated heterocycles. The second-order valence-corrected chi connectivity index (χ2v) is 9.07. The quantitative estimate of drug-likeness (QED) is 0.769. The van der Waals surface area contributed by atoms with E-state index < -0.39 is 0 Å². The van der Waals surface area contributed by atoms with Crippen LogP contribution in [0.15, 0.2) is 24.3 Å². The molecule has 5 rings (SSSR count). The highest BCUT2D eigenvalue weighted by atomic mass is 16.2. The zero-order valence-electron chi connectivity index (χ0n) is 15.7. The van der Waals surface area contributed by atoms with Crippen LogP contribution in [0.1, 0.15) is 60.9 Å². The molecule has 2 amide bonds. The minimum absolute atomic E-state index is 0.0830. The van der Waals surface area contributed by atoms with E-state index in [-0.39, 0.29) is 17.2 Å². The highest BCUT2D eigenvalue weighted by Crippen LogP contribution is 2.61. The predicted molar refractivity (Wildman–Crippen MR) is 102 cm³/mol. The molecule has 140 valence electrons. The Kier molecular flexibility index (Phi) is 4.76. The summed E-state index contributed by atoms with van der Waals surface area (Å²) in [5.41, 5.74) is 2.08. The van der Waals surface area contributed by atoms with E-state index >= 15 is 0 Å². The summed E-state index contributed by atoms with van der Waals surface area (Å²) in [6, 6.07) is 7.52. The molecule has 4 saturated carbocycles. The van der Waals surface area contributed by atoms with Crippen molar-refractivity contribution in [3.05, 3.63) is 35.4 Å². The Morgan fingerprint density at radius 1 is 0.923 bits per heavy atom. The number of carbonyl (C=O) groups is 2. The third-order valence-corrected chi connectivity index (χ3v) is 6.75. The van der Waals surface area contributed by atoms with Crippen molar-refractivity contribution >= 4 is 11.8 Å². The predicted octanol–water partition coefficient (Wildman–Crippen LogP) is 3.45. The first-order valence-electron chi connectivity index (χ1n) is 10.1. The molecule has 1 aromatic carbocycles. The number of benzene rings is 1. The van der Waals surface area contributed by atoms with E-state index in [1.54, 1.807) is 0 Å². The van der Waals surface area contributed by atoms with Gasteiger partial charge in [0.15, 0.2) is 0 Å². The van der Waals surface area contributed by atoms with Gasteiger partial charge >= 0.3 is 0 Å². The normalized spacial score (nSPS) is 31.7. The van der Waals surface area contributed by atoms with Gasteiger partial charge in [0.2, 0.25) is 5.91 Å². The van der Waals surface area contributed by atoms with Crippen molar-refractivity contribution < 1.29 is 9.59 Å². The number of aryl methyl sites for hydroxylation is 1. The van der Waals surface area contributed by atoms with Crippen LogP contribution < -0.4 is 10.6 Å². The van der Waals surface area contributed by atoms with Crippen LogP contribution in [0, 0.1) is 30.1 Å². The summed E-state index contributed by atoms with van der Waals surface area (Å²) in [6.07, 6.45) is 8.69. The third-order valence-electron chi connectivity index (χ3n) is 6.75. The fourth-order valence-corrected chi connectivity index (χ4v) is 6.09. The SMILES string of the molecule is Cc1ccc(C(=O)NCCNC(=O)CC23CC4CC(CC(C4)C2)C3)cc1. The third kappa shape index (κ3) is 3.79. The topological polar surface area (TPSA) is 58.2 Å². The second-order valence-electron chi connectivity index (χ2n) is 9.07. The van der Waals surface area contributed by atoms with Gasteiger partial charge in [-0.1, -0.05) is 17.7 Å². The second kappa shape index (κ2) is 7.05. The summed E-state index contributed by atoms with van der Waals surface area (Å²) in [6.45, 7) is 2.98. The molecule has 0 aliphatic heterocycles. The van der Waals surface area contributed by atoms with Gasteiger partial charge < -0.3 is 10.6 Å². The first-order chi connectivity index (χ1) is 12.5. The van der Waals surface area contributed by atoms with Crippen LogP contribution >= 0.6 is 0 Å². The van der Waals surface area contributed by atoms with Crippen LogP contribution in [-0.2, 0) is 4.79 Å². The summed E-state index contributed by atoms with van der Waals surface area (Å²) in [4.78, 5) is 24.5. The Morgan fingerprint density at radius 3 is 2.04 bits per heavy atom. The summed E-state index contributed by atoms with van der Waals surface area (Å²) in [7, 11) is 0. The highest BCUT2D eigenvalue weighted by Gasteiger charge is 2.51. The summed E-state index contributed by atoms with van der Waals surface area (Å²) < 4.78 is 0. The monoisotopic (exact) mass is 354 g/mol. The van der Waals surface area contributed by atoms with Gasteiger partial charge in [0.25, 0.3) is 5.91 Å². The van der Waals surface area contributed by atoms with Gasteiger partial charge in [0.05, 0.1) is 0 Å². The first kappa shape index (κ1) is 17.6. The molecule has 4 heteroatoms. The summed E-state index contributed by atoms with van der Waals surface area (Å²) in [5.74, 6) is 2.71. The average Bonchev–Trinajstić information content (AvgIpc) is 2.57. The molecule has 0 aromatic heterocycles. The van der Waals surface area contributed by atoms with Crippen molar-refractivity contribution in [2.24, 2.45) is 23.2 Å². The van der Waals surface area contributed by atoms with Crippen LogP contribution in [-0.4, -0.2) is 24.9 Å². The van der Waals surface area contributed by atoms with Crippen LogP contribution in [0.3, 0.4) is 0 Å². The molecule has 1 aromatic rings. The average molecular weight is 354 g/mol. The van der Waals surface area contributed by atoms with E-state index in [0.29, 0.717) is 25.1 Å². The minimum Gasteiger partial charge on any atom is -0.354 e. The van der Waals surface area contributed by atoms with Crippen molar-refractivity contribution in [2.75, 3.05) is 13.1 Å². The van der Waals surface area contributed by atoms with E-state index in [1.807, 2.05) is 31.2 Å². The lowest BCUT2D eigenvalue weighted by molar-refractivity contribution is -0.129. The number of rotatable bonds is 6. The maximum absolute atomic E-state index is 12.5. The van der Waals surface area contributed by atoms with Gasteiger partial charge in [-0.25, -0.2) is 0 Å². The zero-order valence-corrected chi connectivity index (χ0v) is 15.7. The maximum atomic E-state index is 12.5. The van der Waals surface area contributed by atoms with E-state index in [4.69, 9.17) is 0 Å². The fraction of sp³-hybridized carbons (Fsp3) is 0.636. The summed E-state index contributed by atoms with van der Waals surface area (Å²) in [5, 5.41) is 5.90. The lowest BCUT2D eigenvalue weighted by atomic mass is 9.49. The van der Waals surface area contributed by atoms with Gasteiger partial charge in [-0.2, -0.15) is 0 Å². The number of nitrogens with one attached hydrogen (secondary N) is 2. The van der Waals surface area contributed by atoms with Gasteiger partial charge in [-0.05, 0) is 80.8 Å². The van der Waals surface area contributed by atoms with Crippen molar-refractivity contribution in [2.45, 2.75) is 51.9 Å². The maximum Gasteiger partial charge on any atom is 0.251 e. The first-order valence-corrected chi connectivity index (χ1v) is 10.1. The van der Waals surface area contributed by atoms with Crippen LogP contribution in [0.5, 0.6) is 0 Å². The number of hydrogen-bond acceptors (Lipinski definition) is 2. The van der Waals surface area contributed by atoms with Gasteiger partial charge in [0, 0.05) is 25.1 Å². The molecule has 26 heavy (non-hydrogen) atoms.